The van der Waals surface area contributed by atoms with E-state index < -0.39 is 0 Å². The second-order valence-corrected chi connectivity index (χ2v) is 9.82. The second kappa shape index (κ2) is 8.94. The van der Waals surface area contributed by atoms with Crippen LogP contribution in [0.15, 0.2) is 53.2 Å². The molecule has 0 saturated carbocycles. The molecule has 0 radical (unpaired) electrons. The Labute approximate surface area is 181 Å². The summed E-state index contributed by atoms with van der Waals surface area (Å²) in [5.74, 6) is 0. The molecule has 1 unspecified atom stereocenters. The number of benzene rings is 1. The maximum Gasteiger partial charge on any atom is 0.0861 e. The maximum atomic E-state index is 4.64. The molecule has 3 heterocycles. The smallest absolute Gasteiger partial charge is 0.0861 e. The molecule has 1 saturated heterocycles. The summed E-state index contributed by atoms with van der Waals surface area (Å²) < 4.78 is 0. The number of nitrogens with zero attached hydrogens (tertiary/aromatic N) is 3. The molecule has 0 amide bonds. The molecule has 0 aliphatic carbocycles. The van der Waals surface area contributed by atoms with Gasteiger partial charge in [0.2, 0.25) is 0 Å². The summed E-state index contributed by atoms with van der Waals surface area (Å²) in [5, 5.41) is 5.96. The van der Waals surface area contributed by atoms with E-state index >= 15 is 0 Å². The molecule has 1 fully saturated rings. The third kappa shape index (κ3) is 4.96. The number of hydrogen-bond donors (Lipinski definition) is 2. The Balaban J connectivity index is 1.27. The number of piperidine rings is 1. The molecule has 5 heteroatoms. The van der Waals surface area contributed by atoms with E-state index in [0.717, 1.165) is 44.0 Å². The molecule has 30 heavy (non-hydrogen) atoms. The number of nitrogens with one attached hydrogen (secondary N) is 2. The molecular formula is C25H37N5. The molecule has 1 aromatic rings. The van der Waals surface area contributed by atoms with Crippen LogP contribution in [0.3, 0.4) is 0 Å². The lowest BCUT2D eigenvalue weighted by molar-refractivity contribution is 0.123. The molecule has 1 aromatic carbocycles. The van der Waals surface area contributed by atoms with Crippen LogP contribution < -0.4 is 10.7 Å². The summed E-state index contributed by atoms with van der Waals surface area (Å²) in [7, 11) is 0. The van der Waals surface area contributed by atoms with Gasteiger partial charge in [-0.25, -0.2) is 5.43 Å². The maximum absolute atomic E-state index is 4.64. The number of rotatable bonds is 7. The van der Waals surface area contributed by atoms with Gasteiger partial charge < -0.3 is 10.3 Å². The highest BCUT2D eigenvalue weighted by Gasteiger charge is 2.29. The van der Waals surface area contributed by atoms with Crippen LogP contribution in [-0.4, -0.2) is 54.4 Å². The number of likely N-dealkylation sites (tertiary alicyclic amines) is 1. The van der Waals surface area contributed by atoms with Gasteiger partial charge in [0.1, 0.15) is 0 Å². The van der Waals surface area contributed by atoms with Crippen LogP contribution in [-0.2, 0) is 0 Å². The lowest BCUT2D eigenvalue weighted by Crippen LogP contribution is -2.46. The molecule has 2 N–H and O–H groups in total. The van der Waals surface area contributed by atoms with Gasteiger partial charge in [-0.1, -0.05) is 51.5 Å². The van der Waals surface area contributed by atoms with Gasteiger partial charge in [0.15, 0.2) is 0 Å². The highest BCUT2D eigenvalue weighted by atomic mass is 15.5. The minimum absolute atomic E-state index is 0.169. The molecule has 0 aromatic heterocycles. The normalized spacial score (nSPS) is 22.6. The zero-order valence-electron chi connectivity index (χ0n) is 18.8. The number of hydrazine groups is 1. The van der Waals surface area contributed by atoms with Crippen molar-refractivity contribution in [1.29, 1.82) is 0 Å². The summed E-state index contributed by atoms with van der Waals surface area (Å²) in [5.41, 5.74) is 8.83. The Hall–Kier alpha value is -2.11. The predicted octanol–water partition coefficient (Wildman–Crippen LogP) is 4.73. The molecule has 162 valence electrons. The zero-order chi connectivity index (χ0) is 21.1. The van der Waals surface area contributed by atoms with E-state index in [4.69, 9.17) is 0 Å². The van der Waals surface area contributed by atoms with Crippen LogP contribution in [0.1, 0.15) is 46.5 Å². The zero-order valence-corrected chi connectivity index (χ0v) is 18.8. The number of aliphatic imine (C=N–C) groups is 1. The SMILES string of the molecule is C=C(CN1CCC(N2C=C(C3C=Nc4ccccc4N3)CN2)CC1)CC(C)(C)CC. The van der Waals surface area contributed by atoms with Crippen molar-refractivity contribution in [1.82, 2.24) is 15.3 Å². The van der Waals surface area contributed by atoms with Crippen LogP contribution in [0, 0.1) is 5.41 Å². The lowest BCUT2D eigenvalue weighted by atomic mass is 9.83. The fourth-order valence-electron chi connectivity index (χ4n) is 4.66. The summed E-state index contributed by atoms with van der Waals surface area (Å²) in [4.78, 5) is 7.22. The van der Waals surface area contributed by atoms with Crippen LogP contribution in [0.4, 0.5) is 11.4 Å². The first-order valence-corrected chi connectivity index (χ1v) is 11.4. The van der Waals surface area contributed by atoms with Crippen molar-refractivity contribution in [3.05, 3.63) is 48.2 Å². The molecule has 1 atom stereocenters. The largest absolute Gasteiger partial charge is 0.372 e. The van der Waals surface area contributed by atoms with E-state index in [1.165, 1.54) is 30.4 Å². The third-order valence-corrected chi connectivity index (χ3v) is 6.83. The van der Waals surface area contributed by atoms with E-state index in [1.54, 1.807) is 0 Å². The van der Waals surface area contributed by atoms with Gasteiger partial charge in [-0.05, 0) is 42.4 Å². The highest BCUT2D eigenvalue weighted by Crippen LogP contribution is 2.31. The van der Waals surface area contributed by atoms with Gasteiger partial charge >= 0.3 is 0 Å². The van der Waals surface area contributed by atoms with Gasteiger partial charge in [-0.3, -0.25) is 9.89 Å². The van der Waals surface area contributed by atoms with E-state index in [2.05, 4.69) is 71.3 Å². The van der Waals surface area contributed by atoms with E-state index in [9.17, 15) is 0 Å². The Morgan fingerprint density at radius 1 is 1.23 bits per heavy atom. The van der Waals surface area contributed by atoms with Crippen LogP contribution in [0.5, 0.6) is 0 Å². The summed E-state index contributed by atoms with van der Waals surface area (Å²) in [6, 6.07) is 8.97. The van der Waals surface area contributed by atoms with Crippen molar-refractivity contribution >= 4 is 17.6 Å². The molecular weight excluding hydrogens is 370 g/mol. The van der Waals surface area contributed by atoms with Crippen molar-refractivity contribution in [2.75, 3.05) is 31.5 Å². The first-order chi connectivity index (χ1) is 14.4. The lowest BCUT2D eigenvalue weighted by Gasteiger charge is -2.37. The van der Waals surface area contributed by atoms with Crippen LogP contribution >= 0.6 is 0 Å². The summed E-state index contributed by atoms with van der Waals surface area (Å²) in [6.45, 7) is 15.6. The van der Waals surface area contributed by atoms with Gasteiger partial charge in [-0.15, -0.1) is 0 Å². The first-order valence-electron chi connectivity index (χ1n) is 11.4. The first kappa shape index (κ1) is 21.1. The summed E-state index contributed by atoms with van der Waals surface area (Å²) >= 11 is 0. The van der Waals surface area contributed by atoms with Gasteiger partial charge in [0.05, 0.1) is 17.4 Å². The van der Waals surface area contributed by atoms with Crippen LogP contribution in [0.25, 0.3) is 0 Å². The predicted molar refractivity (Wildman–Crippen MR) is 127 cm³/mol. The van der Waals surface area contributed by atoms with E-state index in [1.807, 2.05) is 18.3 Å². The molecule has 3 aliphatic heterocycles. The third-order valence-electron chi connectivity index (χ3n) is 6.83. The monoisotopic (exact) mass is 407 g/mol. The molecule has 3 aliphatic rings. The molecule has 0 bridgehead atoms. The fourth-order valence-corrected chi connectivity index (χ4v) is 4.66. The number of hydrogen-bond acceptors (Lipinski definition) is 5. The van der Waals surface area contributed by atoms with Gasteiger partial charge in [0, 0.05) is 44.6 Å². The number of fused-ring (bicyclic) bond motifs is 1. The fraction of sp³-hybridized carbons (Fsp3) is 0.560. The van der Waals surface area contributed by atoms with Crippen molar-refractivity contribution in [2.45, 2.75) is 58.5 Å². The van der Waals surface area contributed by atoms with Crippen molar-refractivity contribution < 1.29 is 0 Å². The van der Waals surface area contributed by atoms with Crippen molar-refractivity contribution in [3.8, 4) is 0 Å². The second-order valence-electron chi connectivity index (χ2n) is 9.82. The molecule has 4 rings (SSSR count). The number of para-hydroxylation sites is 2. The quantitative estimate of drug-likeness (QED) is 0.641. The van der Waals surface area contributed by atoms with E-state index in [0.29, 0.717) is 11.5 Å². The van der Waals surface area contributed by atoms with Gasteiger partial charge in [-0.2, -0.15) is 0 Å². The Kier molecular flexibility index (Phi) is 6.30. The highest BCUT2D eigenvalue weighted by molar-refractivity contribution is 5.85. The molecule has 0 spiro atoms. The van der Waals surface area contributed by atoms with Crippen molar-refractivity contribution in [3.63, 3.8) is 0 Å². The van der Waals surface area contributed by atoms with E-state index in [-0.39, 0.29) is 6.04 Å². The Morgan fingerprint density at radius 3 is 2.77 bits per heavy atom. The van der Waals surface area contributed by atoms with Crippen LogP contribution in [0.2, 0.25) is 0 Å². The average Bonchev–Trinajstić information content (AvgIpc) is 3.24. The average molecular weight is 408 g/mol. The Bertz CT molecular complexity index is 817. The summed E-state index contributed by atoms with van der Waals surface area (Å²) in [6.07, 6.45) is 9.05. The molecule has 5 nitrogen and oxygen atoms in total. The van der Waals surface area contributed by atoms with Gasteiger partial charge in [0.25, 0.3) is 0 Å². The number of anilines is 1. The minimum atomic E-state index is 0.169. The standard InChI is InChI=1S/C25H37N5/c1-5-25(3,4)14-19(2)17-29-12-10-21(11-13-29)30-18-20(15-27-30)24-16-26-22-8-6-7-9-23(22)28-24/h6-9,16,18,21,24,27-28H,2,5,10-15,17H2,1,3-4H3. The minimum Gasteiger partial charge on any atom is -0.372 e. The van der Waals surface area contributed by atoms with Crippen molar-refractivity contribution in [2.24, 2.45) is 10.4 Å². The Morgan fingerprint density at radius 2 is 2.00 bits per heavy atom. The topological polar surface area (TPSA) is 42.9 Å².